The normalized spacial score (nSPS) is 16.6. The van der Waals surface area contributed by atoms with E-state index in [1.807, 2.05) is 23.1 Å². The van der Waals surface area contributed by atoms with Crippen molar-refractivity contribution in [1.29, 1.82) is 0 Å². The van der Waals surface area contributed by atoms with Crippen molar-refractivity contribution in [2.45, 2.75) is 26.2 Å². The number of nitrogens with two attached hydrogens (primary N) is 2. The van der Waals surface area contributed by atoms with Gasteiger partial charge in [-0.2, -0.15) is 0 Å². The van der Waals surface area contributed by atoms with Crippen LogP contribution in [0.25, 0.3) is 0 Å². The van der Waals surface area contributed by atoms with Crippen LogP contribution in [0.3, 0.4) is 0 Å². The van der Waals surface area contributed by atoms with E-state index in [0.29, 0.717) is 18.9 Å². The molecule has 4 nitrogen and oxygen atoms in total. The minimum Gasteiger partial charge on any atom is -0.399 e. The highest BCUT2D eigenvalue weighted by atomic mass is 16.2. The van der Waals surface area contributed by atoms with E-state index in [0.717, 1.165) is 30.8 Å². The van der Waals surface area contributed by atoms with E-state index < -0.39 is 0 Å². The number of rotatable bonds is 4. The van der Waals surface area contributed by atoms with Gasteiger partial charge in [0, 0.05) is 24.3 Å². The number of aryl methyl sites for hydroxylation is 1. The third-order valence-corrected chi connectivity index (χ3v) is 3.46. The molecule has 0 saturated carbocycles. The van der Waals surface area contributed by atoms with Gasteiger partial charge in [-0.3, -0.25) is 4.79 Å². The van der Waals surface area contributed by atoms with Crippen LogP contribution in [0.4, 0.5) is 11.4 Å². The Morgan fingerprint density at radius 2 is 2.17 bits per heavy atom. The molecule has 1 aliphatic rings. The molecule has 0 radical (unpaired) electrons. The van der Waals surface area contributed by atoms with Crippen LogP contribution in [0.2, 0.25) is 0 Å². The summed E-state index contributed by atoms with van der Waals surface area (Å²) in [4.78, 5) is 13.9. The van der Waals surface area contributed by atoms with Crippen molar-refractivity contribution in [3.8, 4) is 0 Å². The zero-order chi connectivity index (χ0) is 13.1. The molecule has 0 fully saturated rings. The minimum absolute atomic E-state index is 0.205. The third-order valence-electron chi connectivity index (χ3n) is 3.46. The van der Waals surface area contributed by atoms with Gasteiger partial charge in [-0.05, 0) is 49.1 Å². The Morgan fingerprint density at radius 1 is 1.39 bits per heavy atom. The third kappa shape index (κ3) is 2.64. The van der Waals surface area contributed by atoms with Crippen molar-refractivity contribution in [2.24, 2.45) is 11.7 Å². The number of nitrogen functional groups attached to an aromatic ring is 1. The van der Waals surface area contributed by atoms with E-state index in [2.05, 4.69) is 6.92 Å². The molecule has 0 aromatic heterocycles. The molecule has 4 N–H and O–H groups in total. The van der Waals surface area contributed by atoms with Gasteiger partial charge in [-0.1, -0.05) is 6.92 Å². The fourth-order valence-electron chi connectivity index (χ4n) is 2.47. The summed E-state index contributed by atoms with van der Waals surface area (Å²) in [6, 6.07) is 5.79. The zero-order valence-corrected chi connectivity index (χ0v) is 10.9. The Bertz CT molecular complexity index is 445. The van der Waals surface area contributed by atoms with Gasteiger partial charge >= 0.3 is 0 Å². The molecule has 1 aliphatic heterocycles. The maximum Gasteiger partial charge on any atom is 0.227 e. The number of anilines is 2. The lowest BCUT2D eigenvalue weighted by Gasteiger charge is -2.31. The SMILES string of the molecule is CC(CCN)CN1C(=O)CCc2cc(N)ccc21. The average molecular weight is 247 g/mol. The number of nitrogens with zero attached hydrogens (tertiary/aromatic N) is 1. The fraction of sp³-hybridized carbons (Fsp3) is 0.500. The summed E-state index contributed by atoms with van der Waals surface area (Å²) >= 11 is 0. The highest BCUT2D eigenvalue weighted by Gasteiger charge is 2.25. The van der Waals surface area contributed by atoms with Gasteiger partial charge in [-0.15, -0.1) is 0 Å². The van der Waals surface area contributed by atoms with Crippen LogP contribution in [0.1, 0.15) is 25.3 Å². The Morgan fingerprint density at radius 3 is 2.89 bits per heavy atom. The molecule has 1 amide bonds. The summed E-state index contributed by atoms with van der Waals surface area (Å²) in [6.45, 7) is 3.54. The first-order valence-corrected chi connectivity index (χ1v) is 6.50. The number of carbonyl (C=O) groups excluding carboxylic acids is 1. The maximum atomic E-state index is 12.0. The van der Waals surface area contributed by atoms with Crippen LogP contribution in [0.5, 0.6) is 0 Å². The summed E-state index contributed by atoms with van der Waals surface area (Å²) < 4.78 is 0. The van der Waals surface area contributed by atoms with Crippen molar-refractivity contribution < 1.29 is 4.79 Å². The van der Waals surface area contributed by atoms with Crippen molar-refractivity contribution in [2.75, 3.05) is 23.7 Å². The van der Waals surface area contributed by atoms with Crippen LogP contribution in [0.15, 0.2) is 18.2 Å². The van der Waals surface area contributed by atoms with E-state index in [1.165, 1.54) is 5.56 Å². The van der Waals surface area contributed by atoms with Gasteiger partial charge in [0.05, 0.1) is 0 Å². The van der Waals surface area contributed by atoms with Crippen molar-refractivity contribution in [3.63, 3.8) is 0 Å². The molecular weight excluding hydrogens is 226 g/mol. The average Bonchev–Trinajstić information content (AvgIpc) is 2.33. The van der Waals surface area contributed by atoms with Gasteiger partial charge in [0.1, 0.15) is 0 Å². The molecule has 98 valence electrons. The quantitative estimate of drug-likeness (QED) is 0.793. The van der Waals surface area contributed by atoms with Crippen LogP contribution in [0, 0.1) is 5.92 Å². The molecule has 18 heavy (non-hydrogen) atoms. The first-order chi connectivity index (χ1) is 8.61. The maximum absolute atomic E-state index is 12.0. The predicted octanol–water partition coefficient (Wildman–Crippen LogP) is 1.53. The van der Waals surface area contributed by atoms with Gasteiger partial charge in [-0.25, -0.2) is 0 Å². The monoisotopic (exact) mass is 247 g/mol. The van der Waals surface area contributed by atoms with Crippen LogP contribution in [-0.4, -0.2) is 19.0 Å². The second-order valence-corrected chi connectivity index (χ2v) is 5.08. The lowest BCUT2D eigenvalue weighted by molar-refractivity contribution is -0.119. The molecule has 2 rings (SSSR count). The largest absolute Gasteiger partial charge is 0.399 e. The van der Waals surface area contributed by atoms with E-state index in [1.54, 1.807) is 0 Å². The molecule has 0 spiro atoms. The van der Waals surface area contributed by atoms with E-state index in [-0.39, 0.29) is 5.91 Å². The number of carbonyl (C=O) groups is 1. The lowest BCUT2D eigenvalue weighted by atomic mass is 9.98. The summed E-state index contributed by atoms with van der Waals surface area (Å²) in [6.07, 6.45) is 2.31. The Balaban J connectivity index is 2.22. The molecule has 1 heterocycles. The highest BCUT2D eigenvalue weighted by Crippen LogP contribution is 2.30. The Kier molecular flexibility index (Phi) is 3.87. The second kappa shape index (κ2) is 5.40. The Labute approximate surface area is 108 Å². The molecule has 1 aromatic carbocycles. The summed E-state index contributed by atoms with van der Waals surface area (Å²) in [5, 5.41) is 0. The first-order valence-electron chi connectivity index (χ1n) is 6.50. The number of hydrogen-bond donors (Lipinski definition) is 2. The van der Waals surface area contributed by atoms with E-state index in [9.17, 15) is 4.79 Å². The van der Waals surface area contributed by atoms with Crippen LogP contribution >= 0.6 is 0 Å². The zero-order valence-electron chi connectivity index (χ0n) is 10.9. The molecular formula is C14H21N3O. The molecule has 0 aliphatic carbocycles. The number of amides is 1. The van der Waals surface area contributed by atoms with Crippen molar-refractivity contribution in [3.05, 3.63) is 23.8 Å². The smallest absolute Gasteiger partial charge is 0.227 e. The van der Waals surface area contributed by atoms with E-state index in [4.69, 9.17) is 11.5 Å². The van der Waals surface area contributed by atoms with Crippen LogP contribution in [-0.2, 0) is 11.2 Å². The number of hydrogen-bond acceptors (Lipinski definition) is 3. The molecule has 0 saturated heterocycles. The summed E-state index contributed by atoms with van der Waals surface area (Å²) in [7, 11) is 0. The van der Waals surface area contributed by atoms with Gasteiger partial charge in [0.15, 0.2) is 0 Å². The second-order valence-electron chi connectivity index (χ2n) is 5.08. The van der Waals surface area contributed by atoms with Crippen molar-refractivity contribution in [1.82, 2.24) is 0 Å². The molecule has 1 atom stereocenters. The minimum atomic E-state index is 0.205. The van der Waals surface area contributed by atoms with E-state index >= 15 is 0 Å². The summed E-state index contributed by atoms with van der Waals surface area (Å²) in [5.41, 5.74) is 14.3. The molecule has 0 bridgehead atoms. The number of benzene rings is 1. The first kappa shape index (κ1) is 12.9. The van der Waals surface area contributed by atoms with Gasteiger partial charge in [0.2, 0.25) is 5.91 Å². The predicted molar refractivity (Wildman–Crippen MR) is 74.4 cm³/mol. The van der Waals surface area contributed by atoms with Gasteiger partial charge < -0.3 is 16.4 Å². The van der Waals surface area contributed by atoms with Crippen LogP contribution < -0.4 is 16.4 Å². The molecule has 1 unspecified atom stereocenters. The standard InChI is InChI=1S/C14H21N3O/c1-10(6-7-15)9-17-13-4-3-12(16)8-11(13)2-5-14(17)18/h3-4,8,10H,2,5-7,9,15-16H2,1H3. The topological polar surface area (TPSA) is 72.3 Å². The lowest BCUT2D eigenvalue weighted by Crippen LogP contribution is -2.38. The highest BCUT2D eigenvalue weighted by molar-refractivity contribution is 5.96. The molecule has 4 heteroatoms. The van der Waals surface area contributed by atoms with Gasteiger partial charge in [0.25, 0.3) is 0 Å². The fourth-order valence-corrected chi connectivity index (χ4v) is 2.47. The number of fused-ring (bicyclic) bond motifs is 1. The Hall–Kier alpha value is -1.55. The van der Waals surface area contributed by atoms with Crippen molar-refractivity contribution >= 4 is 17.3 Å². The molecule has 1 aromatic rings. The summed E-state index contributed by atoms with van der Waals surface area (Å²) in [5.74, 6) is 0.624.